The highest BCUT2D eigenvalue weighted by Gasteiger charge is 2.21. The monoisotopic (exact) mass is 468 g/mol. The summed E-state index contributed by atoms with van der Waals surface area (Å²) < 4.78 is 20.7. The molecule has 2 amide bonds. The van der Waals surface area contributed by atoms with Crippen molar-refractivity contribution in [2.24, 2.45) is 0 Å². The van der Waals surface area contributed by atoms with Crippen LogP contribution in [0.15, 0.2) is 39.4 Å². The van der Waals surface area contributed by atoms with E-state index in [1.54, 1.807) is 24.3 Å². The van der Waals surface area contributed by atoms with Gasteiger partial charge in [0.1, 0.15) is 0 Å². The lowest BCUT2D eigenvalue weighted by Gasteiger charge is -2.20. The SMILES string of the molecule is COC(=O)CC(NC(=O)CNC(=O)c1ccc(Br)o1)c1ccc(OC)c(OC)c1. The van der Waals surface area contributed by atoms with Gasteiger partial charge in [0.15, 0.2) is 21.9 Å². The van der Waals surface area contributed by atoms with Gasteiger partial charge < -0.3 is 29.3 Å². The van der Waals surface area contributed by atoms with Crippen LogP contribution in [0.25, 0.3) is 0 Å². The number of halogens is 1. The summed E-state index contributed by atoms with van der Waals surface area (Å²) in [4.78, 5) is 36.1. The van der Waals surface area contributed by atoms with Gasteiger partial charge in [0, 0.05) is 0 Å². The summed E-state index contributed by atoms with van der Waals surface area (Å²) in [6.45, 7) is -0.303. The number of amides is 2. The molecule has 10 heteroatoms. The van der Waals surface area contributed by atoms with Crippen LogP contribution in [0.4, 0.5) is 0 Å². The van der Waals surface area contributed by atoms with Gasteiger partial charge in [0.05, 0.1) is 40.3 Å². The van der Waals surface area contributed by atoms with Gasteiger partial charge in [-0.05, 0) is 45.8 Å². The van der Waals surface area contributed by atoms with Crippen molar-refractivity contribution in [1.29, 1.82) is 0 Å². The Morgan fingerprint density at radius 3 is 2.38 bits per heavy atom. The predicted octanol–water partition coefficient (Wildman–Crippen LogP) is 2.21. The number of hydrogen-bond donors (Lipinski definition) is 2. The molecule has 0 radical (unpaired) electrons. The fourth-order valence-corrected chi connectivity index (χ4v) is 2.81. The first-order chi connectivity index (χ1) is 13.9. The van der Waals surface area contributed by atoms with Gasteiger partial charge in [-0.3, -0.25) is 14.4 Å². The van der Waals surface area contributed by atoms with Crippen molar-refractivity contribution in [3.05, 3.63) is 46.3 Å². The highest BCUT2D eigenvalue weighted by molar-refractivity contribution is 9.10. The number of hydrogen-bond acceptors (Lipinski definition) is 7. The molecule has 0 saturated heterocycles. The van der Waals surface area contributed by atoms with E-state index in [4.69, 9.17) is 18.6 Å². The van der Waals surface area contributed by atoms with Crippen molar-refractivity contribution in [2.45, 2.75) is 12.5 Å². The van der Waals surface area contributed by atoms with E-state index in [1.807, 2.05) is 0 Å². The molecule has 2 aromatic rings. The van der Waals surface area contributed by atoms with E-state index in [2.05, 4.69) is 26.6 Å². The molecule has 1 atom stereocenters. The van der Waals surface area contributed by atoms with Crippen LogP contribution in [0.3, 0.4) is 0 Å². The fourth-order valence-electron chi connectivity index (χ4n) is 2.50. The van der Waals surface area contributed by atoms with Crippen LogP contribution in [0.1, 0.15) is 28.6 Å². The van der Waals surface area contributed by atoms with Crippen molar-refractivity contribution in [3.63, 3.8) is 0 Å². The molecule has 0 aliphatic rings. The smallest absolute Gasteiger partial charge is 0.307 e. The lowest BCUT2D eigenvalue weighted by atomic mass is 10.0. The summed E-state index contributed by atoms with van der Waals surface area (Å²) in [6, 6.07) is 7.38. The normalized spacial score (nSPS) is 11.3. The molecule has 0 saturated carbocycles. The van der Waals surface area contributed by atoms with E-state index in [-0.39, 0.29) is 18.7 Å². The van der Waals surface area contributed by atoms with Gasteiger partial charge in [0.25, 0.3) is 5.91 Å². The number of furan rings is 1. The number of methoxy groups -OCH3 is 3. The molecule has 0 aliphatic carbocycles. The number of carbonyl (C=O) groups is 3. The molecule has 1 unspecified atom stereocenters. The highest BCUT2D eigenvalue weighted by atomic mass is 79.9. The maximum Gasteiger partial charge on any atom is 0.307 e. The lowest BCUT2D eigenvalue weighted by molar-refractivity contribution is -0.141. The molecule has 1 aromatic carbocycles. The van der Waals surface area contributed by atoms with E-state index < -0.39 is 23.8 Å². The molecular weight excluding hydrogens is 448 g/mol. The molecule has 2 N–H and O–H groups in total. The largest absolute Gasteiger partial charge is 0.493 e. The molecule has 9 nitrogen and oxygen atoms in total. The van der Waals surface area contributed by atoms with E-state index in [1.165, 1.54) is 27.4 Å². The molecule has 1 aromatic heterocycles. The van der Waals surface area contributed by atoms with Gasteiger partial charge in [-0.15, -0.1) is 0 Å². The molecule has 0 fully saturated rings. The van der Waals surface area contributed by atoms with Crippen LogP contribution in [0.5, 0.6) is 11.5 Å². The third kappa shape index (κ3) is 6.24. The van der Waals surface area contributed by atoms with E-state index in [0.29, 0.717) is 21.7 Å². The van der Waals surface area contributed by atoms with Crippen molar-refractivity contribution in [2.75, 3.05) is 27.9 Å². The summed E-state index contributed by atoms with van der Waals surface area (Å²) in [5.74, 6) is -0.513. The zero-order valence-electron chi connectivity index (χ0n) is 16.1. The Morgan fingerprint density at radius 1 is 1.07 bits per heavy atom. The molecular formula is C19H21BrN2O7. The third-order valence-corrected chi connectivity index (χ3v) is 4.38. The maximum atomic E-state index is 12.3. The van der Waals surface area contributed by atoms with E-state index in [0.717, 1.165) is 0 Å². The Morgan fingerprint density at radius 2 is 1.79 bits per heavy atom. The summed E-state index contributed by atoms with van der Waals surface area (Å²) in [6.07, 6.45) is -0.100. The second-order valence-corrected chi connectivity index (χ2v) is 6.58. The molecule has 1 heterocycles. The molecule has 29 heavy (non-hydrogen) atoms. The highest BCUT2D eigenvalue weighted by Crippen LogP contribution is 2.31. The van der Waals surface area contributed by atoms with Crippen molar-refractivity contribution in [1.82, 2.24) is 10.6 Å². The Balaban J connectivity index is 2.08. The predicted molar refractivity (Wildman–Crippen MR) is 106 cm³/mol. The summed E-state index contributed by atoms with van der Waals surface area (Å²) in [7, 11) is 4.25. The number of benzene rings is 1. The van der Waals surface area contributed by atoms with Gasteiger partial charge in [-0.2, -0.15) is 0 Å². The Kier molecular flexibility index (Phi) is 8.08. The van der Waals surface area contributed by atoms with E-state index in [9.17, 15) is 14.4 Å². The minimum absolute atomic E-state index is 0.0654. The summed E-state index contributed by atoms with van der Waals surface area (Å²) in [5, 5.41) is 5.16. The zero-order valence-corrected chi connectivity index (χ0v) is 17.7. The second-order valence-electron chi connectivity index (χ2n) is 5.80. The maximum absolute atomic E-state index is 12.3. The second kappa shape index (κ2) is 10.5. The fraction of sp³-hybridized carbons (Fsp3) is 0.316. The minimum Gasteiger partial charge on any atom is -0.493 e. The van der Waals surface area contributed by atoms with E-state index >= 15 is 0 Å². The number of rotatable bonds is 9. The average Bonchev–Trinajstić information content (AvgIpc) is 3.17. The Bertz CT molecular complexity index is 881. The standard InChI is InChI=1S/C19H21BrN2O7/c1-26-13-5-4-11(8-15(13)27-2)12(9-18(24)28-3)22-17(23)10-21-19(25)14-6-7-16(20)29-14/h4-8,12H,9-10H2,1-3H3,(H,21,25)(H,22,23). The third-order valence-electron chi connectivity index (χ3n) is 3.95. The zero-order chi connectivity index (χ0) is 21.4. The van der Waals surface area contributed by atoms with Crippen molar-refractivity contribution >= 4 is 33.7 Å². The number of carbonyl (C=O) groups excluding carboxylic acids is 3. The first kappa shape index (κ1) is 22.3. The van der Waals surface area contributed by atoms with Crippen molar-refractivity contribution < 1.29 is 33.0 Å². The first-order valence-electron chi connectivity index (χ1n) is 8.49. The summed E-state index contributed by atoms with van der Waals surface area (Å²) in [5.41, 5.74) is 0.614. The quantitative estimate of drug-likeness (QED) is 0.541. The van der Waals surface area contributed by atoms with Gasteiger partial charge in [0.2, 0.25) is 5.91 Å². The number of nitrogens with one attached hydrogen (secondary N) is 2. The lowest BCUT2D eigenvalue weighted by Crippen LogP contribution is -2.39. The number of ether oxygens (including phenoxy) is 3. The molecule has 0 bridgehead atoms. The Labute approximate surface area is 175 Å². The topological polar surface area (TPSA) is 116 Å². The van der Waals surface area contributed by atoms with Crippen LogP contribution in [0, 0.1) is 0 Å². The molecule has 0 aliphatic heterocycles. The van der Waals surface area contributed by atoms with Crippen LogP contribution >= 0.6 is 15.9 Å². The van der Waals surface area contributed by atoms with Crippen LogP contribution < -0.4 is 20.1 Å². The van der Waals surface area contributed by atoms with Gasteiger partial charge >= 0.3 is 5.97 Å². The van der Waals surface area contributed by atoms with Crippen LogP contribution in [0.2, 0.25) is 0 Å². The van der Waals surface area contributed by atoms with Gasteiger partial charge in [-0.25, -0.2) is 0 Å². The molecule has 156 valence electrons. The van der Waals surface area contributed by atoms with Crippen LogP contribution in [-0.2, 0) is 14.3 Å². The number of esters is 1. The minimum atomic E-state index is -0.690. The molecule has 2 rings (SSSR count). The van der Waals surface area contributed by atoms with Crippen molar-refractivity contribution in [3.8, 4) is 11.5 Å². The first-order valence-corrected chi connectivity index (χ1v) is 9.28. The average molecular weight is 469 g/mol. The van der Waals surface area contributed by atoms with Gasteiger partial charge in [-0.1, -0.05) is 6.07 Å². The summed E-state index contributed by atoms with van der Waals surface area (Å²) >= 11 is 3.10. The molecule has 0 spiro atoms. The Hall–Kier alpha value is -3.01. The van der Waals surface area contributed by atoms with Crippen LogP contribution in [-0.4, -0.2) is 45.7 Å².